The van der Waals surface area contributed by atoms with E-state index in [1.807, 2.05) is 72.8 Å². The molecule has 0 bridgehead atoms. The van der Waals surface area contributed by atoms with Crippen molar-refractivity contribution in [1.29, 1.82) is 0 Å². The Hall–Kier alpha value is -4.11. The first-order valence-corrected chi connectivity index (χ1v) is 11.4. The van der Waals surface area contributed by atoms with E-state index in [4.69, 9.17) is 4.42 Å². The molecular weight excluding hydrogens is 621 g/mol. The third kappa shape index (κ3) is 4.70. The monoisotopic (exact) mass is 641 g/mol. The zero-order chi connectivity index (χ0) is 23.5. The molecule has 0 aliphatic carbocycles. The summed E-state index contributed by atoms with van der Waals surface area (Å²) in [7, 11) is 0. The summed E-state index contributed by atoms with van der Waals surface area (Å²) in [5.74, 6) is 0. The van der Waals surface area contributed by atoms with Crippen LogP contribution in [0.5, 0.6) is 0 Å². The van der Waals surface area contributed by atoms with E-state index in [2.05, 4.69) is 58.5 Å². The van der Waals surface area contributed by atoms with Crippen LogP contribution < -0.4 is 0 Å². The summed E-state index contributed by atoms with van der Waals surface area (Å²) in [5.41, 5.74) is 5.54. The van der Waals surface area contributed by atoms with E-state index in [9.17, 15) is 0 Å². The van der Waals surface area contributed by atoms with Crippen molar-refractivity contribution in [2.75, 3.05) is 0 Å². The predicted octanol–water partition coefficient (Wildman–Crippen LogP) is 8.15. The van der Waals surface area contributed by atoms with Crippen molar-refractivity contribution in [2.45, 2.75) is 0 Å². The predicted molar refractivity (Wildman–Crippen MR) is 142 cm³/mol. The molecule has 3 aromatic heterocycles. The number of pyridine rings is 2. The van der Waals surface area contributed by atoms with Crippen molar-refractivity contribution in [3.05, 3.63) is 134 Å². The van der Waals surface area contributed by atoms with Crippen molar-refractivity contribution in [2.24, 2.45) is 0 Å². The minimum Gasteiger partial charge on any atom is -0.501 e. The molecule has 0 aliphatic heterocycles. The maximum absolute atomic E-state index is 6.17. The quantitative estimate of drug-likeness (QED) is 0.179. The van der Waals surface area contributed by atoms with Gasteiger partial charge in [-0.3, -0.25) is 0 Å². The molecule has 3 nitrogen and oxygen atoms in total. The number of benzene rings is 4. The van der Waals surface area contributed by atoms with Crippen molar-refractivity contribution < 1.29 is 24.5 Å². The third-order valence-electron chi connectivity index (χ3n) is 5.87. The van der Waals surface area contributed by atoms with E-state index in [0.29, 0.717) is 0 Å². The summed E-state index contributed by atoms with van der Waals surface area (Å²) in [6.45, 7) is 0. The van der Waals surface area contributed by atoms with Crippen LogP contribution in [0, 0.1) is 12.1 Å². The van der Waals surface area contributed by atoms with Crippen LogP contribution in [0.4, 0.5) is 0 Å². The number of hydrogen-bond acceptors (Lipinski definition) is 3. The first kappa shape index (κ1) is 23.6. The number of furan rings is 1. The Bertz CT molecular complexity index is 1690. The van der Waals surface area contributed by atoms with Crippen molar-refractivity contribution in [1.82, 2.24) is 9.97 Å². The van der Waals surface area contributed by atoms with Crippen LogP contribution in [-0.2, 0) is 20.1 Å². The average Bonchev–Trinajstić information content (AvgIpc) is 3.31. The van der Waals surface area contributed by atoms with Gasteiger partial charge in [0.2, 0.25) is 0 Å². The molecule has 0 amide bonds. The first-order chi connectivity index (χ1) is 17.4. The minimum atomic E-state index is 0. The average molecular weight is 641 g/mol. The van der Waals surface area contributed by atoms with Crippen LogP contribution in [0.3, 0.4) is 0 Å². The van der Waals surface area contributed by atoms with E-state index in [1.54, 1.807) is 12.4 Å². The van der Waals surface area contributed by atoms with Gasteiger partial charge in [-0.15, -0.1) is 54.1 Å². The summed E-state index contributed by atoms with van der Waals surface area (Å²) >= 11 is 0. The molecule has 0 atom stereocenters. The SMILES string of the molecule is [Ir].[c-]1ccc2c(oc3cc4ccccc4cc32)c1-c1ccccn1.[c-]1ccccc1-c1ccccn1. The smallest absolute Gasteiger partial charge is 0.121 e. The fourth-order valence-electron chi connectivity index (χ4n) is 4.20. The van der Waals surface area contributed by atoms with Gasteiger partial charge in [0.05, 0.1) is 5.58 Å². The van der Waals surface area contributed by atoms with Crippen LogP contribution in [0.2, 0.25) is 0 Å². The number of nitrogens with zero attached hydrogens (tertiary/aromatic N) is 2. The second kappa shape index (κ2) is 10.7. The van der Waals surface area contributed by atoms with Gasteiger partial charge in [-0.2, -0.15) is 0 Å². The molecule has 175 valence electrons. The number of aromatic nitrogens is 2. The zero-order valence-electron chi connectivity index (χ0n) is 19.2. The molecule has 0 unspecified atom stereocenters. The molecule has 0 aliphatic rings. The number of hydrogen-bond donors (Lipinski definition) is 0. The van der Waals surface area contributed by atoms with E-state index >= 15 is 0 Å². The van der Waals surface area contributed by atoms with Crippen molar-refractivity contribution in [3.8, 4) is 22.5 Å². The van der Waals surface area contributed by atoms with Crippen molar-refractivity contribution in [3.63, 3.8) is 0 Å². The van der Waals surface area contributed by atoms with Gasteiger partial charge in [-0.1, -0.05) is 59.5 Å². The molecule has 0 fully saturated rings. The van der Waals surface area contributed by atoms with Gasteiger partial charge < -0.3 is 14.4 Å². The summed E-state index contributed by atoms with van der Waals surface area (Å²) in [4.78, 5) is 8.65. The number of rotatable bonds is 2. The second-order valence-corrected chi connectivity index (χ2v) is 8.10. The largest absolute Gasteiger partial charge is 0.501 e. The zero-order valence-corrected chi connectivity index (χ0v) is 21.6. The Morgan fingerprint density at radius 2 is 1.28 bits per heavy atom. The first-order valence-electron chi connectivity index (χ1n) is 11.4. The molecular formula is C32H20IrN2O-2. The molecule has 0 spiro atoms. The van der Waals surface area contributed by atoms with Gasteiger partial charge in [0, 0.05) is 37.9 Å². The third-order valence-corrected chi connectivity index (χ3v) is 5.87. The molecule has 0 saturated heterocycles. The molecule has 0 saturated carbocycles. The molecule has 4 heteroatoms. The van der Waals surface area contributed by atoms with Gasteiger partial charge in [0.25, 0.3) is 0 Å². The Morgan fingerprint density at radius 1 is 0.583 bits per heavy atom. The van der Waals surface area contributed by atoms with E-state index < -0.39 is 0 Å². The Balaban J connectivity index is 0.000000175. The van der Waals surface area contributed by atoms with Gasteiger partial charge >= 0.3 is 0 Å². The molecule has 1 radical (unpaired) electrons. The minimum absolute atomic E-state index is 0. The number of fused-ring (bicyclic) bond motifs is 4. The van der Waals surface area contributed by atoms with Gasteiger partial charge in [-0.25, -0.2) is 0 Å². The molecule has 3 heterocycles. The van der Waals surface area contributed by atoms with Crippen LogP contribution in [0.1, 0.15) is 0 Å². The fraction of sp³-hybridized carbons (Fsp3) is 0. The topological polar surface area (TPSA) is 38.9 Å². The van der Waals surface area contributed by atoms with Crippen LogP contribution in [0.15, 0.2) is 126 Å². The van der Waals surface area contributed by atoms with E-state index in [-0.39, 0.29) is 20.1 Å². The second-order valence-electron chi connectivity index (χ2n) is 8.10. The van der Waals surface area contributed by atoms with Crippen LogP contribution in [0.25, 0.3) is 55.2 Å². The van der Waals surface area contributed by atoms with Crippen molar-refractivity contribution >= 4 is 32.7 Å². The summed E-state index contributed by atoms with van der Waals surface area (Å²) in [5, 5.41) is 4.63. The fourth-order valence-corrected chi connectivity index (χ4v) is 4.20. The molecule has 4 aromatic carbocycles. The maximum atomic E-state index is 6.17. The summed E-state index contributed by atoms with van der Waals surface area (Å²) in [6.07, 6.45) is 3.58. The normalized spacial score (nSPS) is 10.6. The molecule has 36 heavy (non-hydrogen) atoms. The summed E-state index contributed by atoms with van der Waals surface area (Å²) in [6, 6.07) is 42.6. The van der Waals surface area contributed by atoms with Gasteiger partial charge in [-0.05, 0) is 46.4 Å². The Labute approximate surface area is 222 Å². The van der Waals surface area contributed by atoms with E-state index in [1.165, 1.54) is 10.8 Å². The van der Waals surface area contributed by atoms with E-state index in [0.717, 1.165) is 44.5 Å². The maximum Gasteiger partial charge on any atom is 0.121 e. The standard InChI is InChI=1S/C21H12NO.C11H8N.Ir/c1-2-7-15-13-20-18(12-14(15)6-1)16-8-5-9-17(21(16)23-20)19-10-3-4-11-22-19;1-2-6-10(7-3-1)11-8-4-5-9-12-11;/h1-8,10-13H;1-6,8-9H;/q2*-1;. The van der Waals surface area contributed by atoms with Crippen LogP contribution in [-0.4, -0.2) is 9.97 Å². The van der Waals surface area contributed by atoms with Gasteiger partial charge in [0.15, 0.2) is 0 Å². The Morgan fingerprint density at radius 3 is 1.97 bits per heavy atom. The molecule has 7 aromatic rings. The van der Waals surface area contributed by atoms with Gasteiger partial charge in [0.1, 0.15) is 5.58 Å². The summed E-state index contributed by atoms with van der Waals surface area (Å²) < 4.78 is 6.17. The molecule has 7 rings (SSSR count). The molecule has 0 N–H and O–H groups in total. The van der Waals surface area contributed by atoms with Crippen LogP contribution >= 0.6 is 0 Å². The Kier molecular flexibility index (Phi) is 6.99.